The number of piperidine rings is 1. The molecule has 4 heteroatoms. The number of nitrogens with zero attached hydrogens (tertiary/aromatic N) is 1. The van der Waals surface area contributed by atoms with Gasteiger partial charge in [0, 0.05) is 35.1 Å². The number of aromatic amines is 1. The first kappa shape index (κ1) is 14.8. The van der Waals surface area contributed by atoms with Crippen molar-refractivity contribution in [1.82, 2.24) is 9.88 Å². The van der Waals surface area contributed by atoms with Gasteiger partial charge >= 0.3 is 5.97 Å². The lowest BCUT2D eigenvalue weighted by atomic mass is 9.72. The monoisotopic (exact) mass is 312 g/mol. The maximum Gasteiger partial charge on any atom is 0.307 e. The second kappa shape index (κ2) is 5.38. The zero-order valence-corrected chi connectivity index (χ0v) is 13.8. The normalized spacial score (nSPS) is 27.1. The number of benzene rings is 1. The number of likely N-dealkylation sites (tertiary alicyclic amines) is 1. The number of hydrogen-bond donors (Lipinski definition) is 2. The van der Waals surface area contributed by atoms with Gasteiger partial charge in [0.25, 0.3) is 0 Å². The molecule has 0 saturated carbocycles. The van der Waals surface area contributed by atoms with Crippen molar-refractivity contribution in [3.05, 3.63) is 35.0 Å². The van der Waals surface area contributed by atoms with Gasteiger partial charge in [-0.15, -0.1) is 0 Å². The highest BCUT2D eigenvalue weighted by Crippen LogP contribution is 2.45. The number of carboxylic acids is 1. The molecule has 0 bridgehead atoms. The molecule has 4 rings (SSSR count). The number of rotatable bonds is 3. The van der Waals surface area contributed by atoms with E-state index >= 15 is 0 Å². The number of H-pyrrole nitrogens is 1. The predicted octanol–water partition coefficient (Wildman–Crippen LogP) is 3.30. The largest absolute Gasteiger partial charge is 0.481 e. The van der Waals surface area contributed by atoms with Crippen molar-refractivity contribution in [1.29, 1.82) is 0 Å². The molecule has 1 aliphatic heterocycles. The number of nitrogens with one attached hydrogen (secondary N) is 1. The Morgan fingerprint density at radius 1 is 1.43 bits per heavy atom. The number of hydrogen-bond acceptors (Lipinski definition) is 2. The summed E-state index contributed by atoms with van der Waals surface area (Å²) in [6, 6.07) is 6.90. The number of carbonyl (C=O) groups is 1. The lowest BCUT2D eigenvalue weighted by Gasteiger charge is -2.46. The third-order valence-electron chi connectivity index (χ3n) is 5.77. The molecule has 4 nitrogen and oxygen atoms in total. The van der Waals surface area contributed by atoms with Crippen LogP contribution in [0.3, 0.4) is 0 Å². The van der Waals surface area contributed by atoms with Crippen LogP contribution >= 0.6 is 0 Å². The van der Waals surface area contributed by atoms with E-state index in [1.165, 1.54) is 27.7 Å². The van der Waals surface area contributed by atoms with E-state index < -0.39 is 5.97 Å². The van der Waals surface area contributed by atoms with E-state index in [4.69, 9.17) is 0 Å². The van der Waals surface area contributed by atoms with E-state index in [1.807, 2.05) is 0 Å². The fourth-order valence-electron chi connectivity index (χ4n) is 4.79. The van der Waals surface area contributed by atoms with Crippen LogP contribution in [-0.4, -0.2) is 40.1 Å². The number of fused-ring (bicyclic) bond motifs is 2. The number of aryl methyl sites for hydroxylation is 1. The van der Waals surface area contributed by atoms with Crippen molar-refractivity contribution < 1.29 is 9.90 Å². The average molecular weight is 312 g/mol. The minimum atomic E-state index is -0.646. The molecule has 1 aliphatic carbocycles. The van der Waals surface area contributed by atoms with Crippen LogP contribution in [0.1, 0.15) is 42.5 Å². The molecular weight excluding hydrogens is 288 g/mol. The molecule has 1 saturated heterocycles. The van der Waals surface area contributed by atoms with E-state index in [2.05, 4.69) is 41.9 Å². The molecule has 1 fully saturated rings. The maximum absolute atomic E-state index is 11.6. The highest BCUT2D eigenvalue weighted by molar-refractivity contribution is 5.89. The summed E-state index contributed by atoms with van der Waals surface area (Å²) in [7, 11) is 0. The summed E-state index contributed by atoms with van der Waals surface area (Å²) in [5.74, 6) is -0.560. The molecular formula is C19H24N2O2. The van der Waals surface area contributed by atoms with Crippen molar-refractivity contribution in [2.45, 2.75) is 45.1 Å². The Bertz CT molecular complexity index is 764. The van der Waals surface area contributed by atoms with Gasteiger partial charge in [-0.05, 0) is 49.9 Å². The topological polar surface area (TPSA) is 56.3 Å². The first-order valence-electron chi connectivity index (χ1n) is 8.67. The molecule has 0 radical (unpaired) electrons. The molecule has 0 amide bonds. The third-order valence-corrected chi connectivity index (χ3v) is 5.77. The van der Waals surface area contributed by atoms with Gasteiger partial charge in [-0.1, -0.05) is 19.1 Å². The summed E-state index contributed by atoms with van der Waals surface area (Å²) in [6.45, 7) is 6.02. The average Bonchev–Trinajstić information content (AvgIpc) is 2.85. The lowest BCUT2D eigenvalue weighted by molar-refractivity contribution is -0.144. The highest BCUT2D eigenvalue weighted by atomic mass is 16.4. The van der Waals surface area contributed by atoms with Gasteiger partial charge in [-0.25, -0.2) is 0 Å². The van der Waals surface area contributed by atoms with Crippen LogP contribution in [0.4, 0.5) is 0 Å². The molecule has 0 unspecified atom stereocenters. The molecule has 23 heavy (non-hydrogen) atoms. The van der Waals surface area contributed by atoms with E-state index in [-0.39, 0.29) is 5.92 Å². The highest BCUT2D eigenvalue weighted by Gasteiger charge is 2.42. The first-order chi connectivity index (χ1) is 11.1. The number of carboxylic acid groups (broad SMARTS) is 1. The predicted molar refractivity (Wildman–Crippen MR) is 90.9 cm³/mol. The molecule has 1 aromatic carbocycles. The fraction of sp³-hybridized carbons (Fsp3) is 0.526. The van der Waals surface area contributed by atoms with E-state index in [1.54, 1.807) is 0 Å². The van der Waals surface area contributed by atoms with Crippen molar-refractivity contribution >= 4 is 16.9 Å². The molecule has 3 atom stereocenters. The number of aromatic nitrogens is 1. The van der Waals surface area contributed by atoms with Crippen molar-refractivity contribution in [3.63, 3.8) is 0 Å². The van der Waals surface area contributed by atoms with Gasteiger partial charge in [0.1, 0.15) is 0 Å². The van der Waals surface area contributed by atoms with Crippen molar-refractivity contribution in [3.8, 4) is 0 Å². The summed E-state index contributed by atoms with van der Waals surface area (Å²) in [5, 5.41) is 10.9. The summed E-state index contributed by atoms with van der Waals surface area (Å²) in [6.07, 6.45) is 2.88. The smallest absolute Gasteiger partial charge is 0.307 e. The Kier molecular flexibility index (Phi) is 3.45. The zero-order valence-electron chi connectivity index (χ0n) is 13.8. The lowest BCUT2D eigenvalue weighted by Crippen LogP contribution is -2.51. The van der Waals surface area contributed by atoms with Crippen LogP contribution in [0, 0.1) is 12.8 Å². The quantitative estimate of drug-likeness (QED) is 0.914. The molecule has 1 aromatic heterocycles. The summed E-state index contributed by atoms with van der Waals surface area (Å²) < 4.78 is 0. The second-order valence-corrected chi connectivity index (χ2v) is 7.14. The van der Waals surface area contributed by atoms with Crippen LogP contribution < -0.4 is 0 Å². The van der Waals surface area contributed by atoms with Crippen molar-refractivity contribution in [2.24, 2.45) is 5.92 Å². The molecule has 2 N–H and O–H groups in total. The van der Waals surface area contributed by atoms with Crippen LogP contribution in [0.2, 0.25) is 0 Å². The SMILES string of the molecule is CCCN1C[C@H](C(=O)O)C[C@@H]2c3cccc4[nH]c(C)c(c34)C[C@H]21. The standard InChI is InChI=1S/C19H24N2O2/c1-3-7-21-10-12(19(22)23)8-15-13-5-4-6-16-18(13)14(9-17(15)21)11(2)20-16/h4-6,12,15,17,20H,3,7-10H2,1-2H3,(H,22,23)/t12-,15-,17-/m1/s1. The summed E-state index contributed by atoms with van der Waals surface area (Å²) >= 11 is 0. The number of aliphatic carboxylic acids is 1. The van der Waals surface area contributed by atoms with Crippen LogP contribution in [0.15, 0.2) is 18.2 Å². The Labute approximate surface area is 136 Å². The third kappa shape index (κ3) is 2.19. The summed E-state index contributed by atoms with van der Waals surface area (Å²) in [4.78, 5) is 17.6. The molecule has 2 aromatic rings. The van der Waals surface area contributed by atoms with Gasteiger partial charge < -0.3 is 10.1 Å². The van der Waals surface area contributed by atoms with Crippen LogP contribution in [0.25, 0.3) is 10.9 Å². The first-order valence-corrected chi connectivity index (χ1v) is 8.67. The van der Waals surface area contributed by atoms with Crippen LogP contribution in [-0.2, 0) is 11.2 Å². The molecule has 2 aliphatic rings. The Morgan fingerprint density at radius 3 is 3.00 bits per heavy atom. The minimum Gasteiger partial charge on any atom is -0.481 e. The summed E-state index contributed by atoms with van der Waals surface area (Å²) in [5.41, 5.74) is 5.26. The van der Waals surface area contributed by atoms with Gasteiger partial charge in [-0.3, -0.25) is 9.69 Å². The van der Waals surface area contributed by atoms with Gasteiger partial charge in [0.05, 0.1) is 5.92 Å². The van der Waals surface area contributed by atoms with Gasteiger partial charge in [0.15, 0.2) is 0 Å². The Hall–Kier alpha value is -1.81. The van der Waals surface area contributed by atoms with Gasteiger partial charge in [-0.2, -0.15) is 0 Å². The Morgan fingerprint density at radius 2 is 2.26 bits per heavy atom. The Balaban J connectivity index is 1.83. The fourth-order valence-corrected chi connectivity index (χ4v) is 4.79. The molecule has 122 valence electrons. The molecule has 2 heterocycles. The second-order valence-electron chi connectivity index (χ2n) is 7.14. The van der Waals surface area contributed by atoms with E-state index in [0.717, 1.165) is 25.8 Å². The molecule has 0 spiro atoms. The zero-order chi connectivity index (χ0) is 16.1. The van der Waals surface area contributed by atoms with Gasteiger partial charge in [0.2, 0.25) is 0 Å². The van der Waals surface area contributed by atoms with E-state index in [9.17, 15) is 9.90 Å². The van der Waals surface area contributed by atoms with E-state index in [0.29, 0.717) is 18.5 Å². The maximum atomic E-state index is 11.6. The van der Waals surface area contributed by atoms with Crippen LogP contribution in [0.5, 0.6) is 0 Å². The minimum absolute atomic E-state index is 0.250. The van der Waals surface area contributed by atoms with Crippen molar-refractivity contribution in [2.75, 3.05) is 13.1 Å².